The predicted molar refractivity (Wildman–Crippen MR) is 87.1 cm³/mol. The molecule has 0 amide bonds. The van der Waals surface area contributed by atoms with Gasteiger partial charge in [0.1, 0.15) is 0 Å². The molecule has 1 aromatic heterocycles. The zero-order chi connectivity index (χ0) is 14.8. The predicted octanol–water partition coefficient (Wildman–Crippen LogP) is 3.76. The first-order valence-electron chi connectivity index (χ1n) is 7.03. The van der Waals surface area contributed by atoms with Crippen LogP contribution in [0.5, 0.6) is 0 Å². The van der Waals surface area contributed by atoms with E-state index in [1.165, 1.54) is 17.6 Å². The summed E-state index contributed by atoms with van der Waals surface area (Å²) in [6.07, 6.45) is 2.25. The molecule has 0 radical (unpaired) electrons. The molecular weight excluding hydrogens is 286 g/mol. The van der Waals surface area contributed by atoms with Crippen LogP contribution >= 0.6 is 11.8 Å². The van der Waals surface area contributed by atoms with Gasteiger partial charge in [-0.05, 0) is 43.4 Å². The molecule has 1 aromatic carbocycles. The van der Waals surface area contributed by atoms with Gasteiger partial charge in [0, 0.05) is 34.9 Å². The van der Waals surface area contributed by atoms with Crippen LogP contribution in [0.1, 0.15) is 18.5 Å². The molecule has 0 unspecified atom stereocenters. The highest BCUT2D eigenvalue weighted by Gasteiger charge is 2.16. The SMILES string of the molecule is Cc1cc(NC2CCSCC2)c2cc([N+](=O)[O-])ccc2n1. The Labute approximate surface area is 127 Å². The van der Waals surface area contributed by atoms with Crippen LogP contribution in [0.25, 0.3) is 10.9 Å². The van der Waals surface area contributed by atoms with E-state index in [1.807, 2.05) is 24.8 Å². The van der Waals surface area contributed by atoms with E-state index >= 15 is 0 Å². The lowest BCUT2D eigenvalue weighted by Crippen LogP contribution is -2.24. The summed E-state index contributed by atoms with van der Waals surface area (Å²) >= 11 is 1.98. The van der Waals surface area contributed by atoms with Crippen LogP contribution in [0.4, 0.5) is 11.4 Å². The molecule has 1 aliphatic heterocycles. The van der Waals surface area contributed by atoms with E-state index in [-0.39, 0.29) is 10.6 Å². The first-order valence-corrected chi connectivity index (χ1v) is 8.19. The van der Waals surface area contributed by atoms with Gasteiger partial charge < -0.3 is 5.32 Å². The molecule has 1 N–H and O–H groups in total. The van der Waals surface area contributed by atoms with E-state index in [9.17, 15) is 10.1 Å². The summed E-state index contributed by atoms with van der Waals surface area (Å²) < 4.78 is 0. The highest BCUT2D eigenvalue weighted by Crippen LogP contribution is 2.29. The molecule has 5 nitrogen and oxygen atoms in total. The molecule has 0 aliphatic carbocycles. The largest absolute Gasteiger partial charge is 0.382 e. The van der Waals surface area contributed by atoms with Crippen LogP contribution in [-0.4, -0.2) is 27.5 Å². The number of hydrogen-bond acceptors (Lipinski definition) is 5. The number of nitrogens with one attached hydrogen (secondary N) is 1. The number of non-ortho nitro benzene ring substituents is 1. The standard InChI is InChI=1S/C15H17N3O2S/c1-10-8-15(17-11-4-6-21-7-5-11)13-9-12(18(19)20)2-3-14(13)16-10/h2-3,8-9,11H,4-7H2,1H3,(H,16,17). The molecule has 1 saturated heterocycles. The van der Waals surface area contributed by atoms with Gasteiger partial charge in [0.2, 0.25) is 0 Å². The quantitative estimate of drug-likeness (QED) is 0.690. The molecule has 0 atom stereocenters. The van der Waals surface area contributed by atoms with Gasteiger partial charge in [-0.25, -0.2) is 0 Å². The van der Waals surface area contributed by atoms with Crippen LogP contribution in [0.15, 0.2) is 24.3 Å². The summed E-state index contributed by atoms with van der Waals surface area (Å²) in [5, 5.41) is 15.4. The number of nitro benzene ring substituents is 1. The molecule has 2 aromatic rings. The van der Waals surface area contributed by atoms with E-state index in [2.05, 4.69) is 10.3 Å². The van der Waals surface area contributed by atoms with Crippen LogP contribution in [0.2, 0.25) is 0 Å². The van der Waals surface area contributed by atoms with Gasteiger partial charge >= 0.3 is 0 Å². The molecule has 3 rings (SSSR count). The second-order valence-electron chi connectivity index (χ2n) is 5.30. The first-order chi connectivity index (χ1) is 10.1. The van der Waals surface area contributed by atoms with Gasteiger partial charge in [-0.1, -0.05) is 0 Å². The highest BCUT2D eigenvalue weighted by atomic mass is 32.2. The van der Waals surface area contributed by atoms with Gasteiger partial charge in [0.05, 0.1) is 10.4 Å². The zero-order valence-electron chi connectivity index (χ0n) is 11.8. The van der Waals surface area contributed by atoms with Crippen molar-refractivity contribution in [2.45, 2.75) is 25.8 Å². The minimum absolute atomic E-state index is 0.107. The number of anilines is 1. The van der Waals surface area contributed by atoms with Crippen molar-refractivity contribution in [3.8, 4) is 0 Å². The molecule has 6 heteroatoms. The first kappa shape index (κ1) is 14.1. The summed E-state index contributed by atoms with van der Waals surface area (Å²) in [5.41, 5.74) is 2.78. The van der Waals surface area contributed by atoms with Gasteiger partial charge in [-0.15, -0.1) is 0 Å². The van der Waals surface area contributed by atoms with Crippen molar-refractivity contribution in [3.05, 3.63) is 40.1 Å². The molecule has 21 heavy (non-hydrogen) atoms. The number of aryl methyl sites for hydroxylation is 1. The van der Waals surface area contributed by atoms with Crippen molar-refractivity contribution < 1.29 is 4.92 Å². The number of nitrogens with zero attached hydrogens (tertiary/aromatic N) is 2. The lowest BCUT2D eigenvalue weighted by molar-refractivity contribution is -0.384. The normalized spacial score (nSPS) is 16.0. The Kier molecular flexibility index (Phi) is 3.96. The average molecular weight is 303 g/mol. The summed E-state index contributed by atoms with van der Waals surface area (Å²) in [6.45, 7) is 1.95. The van der Waals surface area contributed by atoms with Crippen LogP contribution < -0.4 is 5.32 Å². The number of fused-ring (bicyclic) bond motifs is 1. The molecule has 1 fully saturated rings. The van der Waals surface area contributed by atoms with Crippen molar-refractivity contribution in [1.82, 2.24) is 4.98 Å². The number of pyridine rings is 1. The summed E-state index contributed by atoms with van der Waals surface area (Å²) in [6, 6.07) is 7.27. The minimum atomic E-state index is -0.361. The number of thioether (sulfide) groups is 1. The monoisotopic (exact) mass is 303 g/mol. The maximum atomic E-state index is 11.0. The Hall–Kier alpha value is -1.82. The zero-order valence-corrected chi connectivity index (χ0v) is 12.7. The Morgan fingerprint density at radius 3 is 2.81 bits per heavy atom. The fourth-order valence-corrected chi connectivity index (χ4v) is 3.75. The van der Waals surface area contributed by atoms with E-state index in [0.29, 0.717) is 6.04 Å². The maximum Gasteiger partial charge on any atom is 0.270 e. The summed E-state index contributed by atoms with van der Waals surface area (Å²) in [4.78, 5) is 15.1. The van der Waals surface area contributed by atoms with Gasteiger partial charge in [0.15, 0.2) is 0 Å². The van der Waals surface area contributed by atoms with Crippen molar-refractivity contribution in [2.24, 2.45) is 0 Å². The lowest BCUT2D eigenvalue weighted by Gasteiger charge is -2.24. The van der Waals surface area contributed by atoms with Crippen LogP contribution in [0, 0.1) is 17.0 Å². The third-order valence-corrected chi connectivity index (χ3v) is 4.76. The topological polar surface area (TPSA) is 68.1 Å². The fraction of sp³-hybridized carbons (Fsp3) is 0.400. The van der Waals surface area contributed by atoms with Crippen molar-refractivity contribution >= 4 is 34.0 Å². The maximum absolute atomic E-state index is 11.0. The number of aromatic nitrogens is 1. The number of rotatable bonds is 3. The van der Waals surface area contributed by atoms with Gasteiger partial charge in [-0.2, -0.15) is 11.8 Å². The van der Waals surface area contributed by atoms with E-state index in [4.69, 9.17) is 0 Å². The Bertz CT molecular complexity index is 684. The fourth-order valence-electron chi connectivity index (χ4n) is 2.64. The van der Waals surface area contributed by atoms with Crippen molar-refractivity contribution in [1.29, 1.82) is 0 Å². The number of nitro groups is 1. The second-order valence-corrected chi connectivity index (χ2v) is 6.53. The number of hydrogen-bond donors (Lipinski definition) is 1. The number of benzene rings is 1. The van der Waals surface area contributed by atoms with Crippen molar-refractivity contribution in [3.63, 3.8) is 0 Å². The van der Waals surface area contributed by atoms with Crippen LogP contribution in [-0.2, 0) is 0 Å². The molecule has 0 spiro atoms. The smallest absolute Gasteiger partial charge is 0.270 e. The summed E-state index contributed by atoms with van der Waals surface area (Å²) in [5.74, 6) is 2.33. The molecule has 0 bridgehead atoms. The second kappa shape index (κ2) is 5.89. The minimum Gasteiger partial charge on any atom is -0.382 e. The van der Waals surface area contributed by atoms with E-state index < -0.39 is 0 Å². The van der Waals surface area contributed by atoms with E-state index in [1.54, 1.807) is 12.1 Å². The lowest BCUT2D eigenvalue weighted by atomic mass is 10.1. The van der Waals surface area contributed by atoms with Gasteiger partial charge in [0.25, 0.3) is 5.69 Å². The van der Waals surface area contributed by atoms with Crippen LogP contribution in [0.3, 0.4) is 0 Å². The third kappa shape index (κ3) is 3.10. The highest BCUT2D eigenvalue weighted by molar-refractivity contribution is 7.99. The Morgan fingerprint density at radius 1 is 1.33 bits per heavy atom. The van der Waals surface area contributed by atoms with Crippen molar-refractivity contribution in [2.75, 3.05) is 16.8 Å². The molecule has 2 heterocycles. The molecule has 1 aliphatic rings. The summed E-state index contributed by atoms with van der Waals surface area (Å²) in [7, 11) is 0. The Morgan fingerprint density at radius 2 is 2.10 bits per heavy atom. The molecule has 110 valence electrons. The third-order valence-electron chi connectivity index (χ3n) is 3.71. The van der Waals surface area contributed by atoms with E-state index in [0.717, 1.165) is 35.1 Å². The average Bonchev–Trinajstić information content (AvgIpc) is 2.47. The molecular formula is C15H17N3O2S. The molecule has 0 saturated carbocycles. The van der Waals surface area contributed by atoms with Gasteiger partial charge in [-0.3, -0.25) is 15.1 Å². The Balaban J connectivity index is 2.01.